The predicted octanol–water partition coefficient (Wildman–Crippen LogP) is 13.1. The number of thiophene rings is 1. The van der Waals surface area contributed by atoms with Gasteiger partial charge in [0.15, 0.2) is 5.78 Å². The molecule has 0 spiro atoms. The Hall–Kier alpha value is -3.11. The molecule has 0 unspecified atom stereocenters. The van der Waals surface area contributed by atoms with Gasteiger partial charge in [-0.25, -0.2) is 0 Å². The van der Waals surface area contributed by atoms with Crippen molar-refractivity contribution in [2.24, 2.45) is 10.8 Å². The molecule has 0 fully saturated rings. The van der Waals surface area contributed by atoms with Crippen molar-refractivity contribution in [3.63, 3.8) is 0 Å². The molecule has 5 aromatic rings. The van der Waals surface area contributed by atoms with Crippen LogP contribution < -0.4 is 0 Å². The number of pyridine rings is 1. The van der Waals surface area contributed by atoms with Crippen LogP contribution in [-0.4, -0.2) is 15.9 Å². The summed E-state index contributed by atoms with van der Waals surface area (Å²) in [6.07, 6.45) is 5.05. The third-order valence-electron chi connectivity index (χ3n) is 10.5. The molecular weight excluding hydrogens is 799 g/mol. The van der Waals surface area contributed by atoms with E-state index in [0.717, 1.165) is 52.4 Å². The van der Waals surface area contributed by atoms with Crippen molar-refractivity contribution >= 4 is 38.0 Å². The molecule has 2 heterocycles. The number of carbonyl (C=O) groups excluding carboxylic acids is 1. The molecule has 263 valence electrons. The molecule has 3 aromatic carbocycles. The summed E-state index contributed by atoms with van der Waals surface area (Å²) in [5.74, 6) is 0.286. The van der Waals surface area contributed by atoms with E-state index in [4.69, 9.17) is 6.35 Å². The summed E-state index contributed by atoms with van der Waals surface area (Å²) >= 11 is 1.77. The molecule has 0 atom stereocenters. The molecule has 1 radical (unpaired) electrons. The molecule has 0 amide bonds. The van der Waals surface area contributed by atoms with Gasteiger partial charge in [-0.2, -0.15) is 0 Å². The number of fused-ring (bicyclic) bond motifs is 2. The number of aryl methyl sites for hydroxylation is 2. The fraction of sp³-hybridized carbons (Fsp3) is 0.409. The predicted molar refractivity (Wildman–Crippen MR) is 208 cm³/mol. The van der Waals surface area contributed by atoms with E-state index in [1.807, 2.05) is 47.6 Å². The van der Waals surface area contributed by atoms with Gasteiger partial charge in [-0.1, -0.05) is 121 Å². The Balaban J connectivity index is 0.000000323. The number of aliphatic hydroxyl groups is 1. The minimum absolute atomic E-state index is 0. The smallest absolute Gasteiger partial charge is 0.164 e. The van der Waals surface area contributed by atoms with Gasteiger partial charge < -0.3 is 5.11 Å². The van der Waals surface area contributed by atoms with Gasteiger partial charge in [0.1, 0.15) is 5.76 Å². The normalized spacial score (nSPS) is 12.7. The summed E-state index contributed by atoms with van der Waals surface area (Å²) < 4.78 is 9.55. The number of hydrogen-bond acceptors (Lipinski definition) is 4. The van der Waals surface area contributed by atoms with E-state index in [2.05, 4.69) is 95.3 Å². The van der Waals surface area contributed by atoms with Gasteiger partial charge in [0, 0.05) is 58.5 Å². The Morgan fingerprint density at radius 1 is 0.878 bits per heavy atom. The average molecular weight is 854 g/mol. The molecular formula is C44H54IrNO2S-. The van der Waals surface area contributed by atoms with Crippen LogP contribution >= 0.6 is 11.3 Å². The first-order valence-corrected chi connectivity index (χ1v) is 18.2. The Morgan fingerprint density at radius 3 is 2.04 bits per heavy atom. The van der Waals surface area contributed by atoms with Gasteiger partial charge in [-0.15, -0.1) is 40.5 Å². The Morgan fingerprint density at radius 2 is 1.47 bits per heavy atom. The van der Waals surface area contributed by atoms with Crippen LogP contribution in [-0.2, 0) is 30.3 Å². The van der Waals surface area contributed by atoms with Crippen molar-refractivity contribution in [3.05, 3.63) is 101 Å². The Labute approximate surface area is 314 Å². The van der Waals surface area contributed by atoms with Crippen molar-refractivity contribution in [1.82, 2.24) is 4.98 Å². The van der Waals surface area contributed by atoms with Crippen molar-refractivity contribution in [1.29, 1.82) is 0 Å². The monoisotopic (exact) mass is 854 g/mol. The van der Waals surface area contributed by atoms with Crippen LogP contribution in [0.4, 0.5) is 0 Å². The van der Waals surface area contributed by atoms with Crippen LogP contribution in [0.15, 0.2) is 78.7 Å². The van der Waals surface area contributed by atoms with Crippen molar-refractivity contribution in [3.8, 4) is 21.7 Å². The van der Waals surface area contributed by atoms with E-state index in [0.29, 0.717) is 6.17 Å². The van der Waals surface area contributed by atoms with Crippen LogP contribution in [0.25, 0.3) is 42.6 Å². The number of benzene rings is 3. The van der Waals surface area contributed by atoms with Crippen molar-refractivity contribution < 1.29 is 31.4 Å². The van der Waals surface area contributed by atoms with E-state index >= 15 is 0 Å². The first-order valence-electron chi connectivity index (χ1n) is 17.9. The van der Waals surface area contributed by atoms with Crippen LogP contribution in [0.3, 0.4) is 0 Å². The SMILES string of the molecule is CCC(C)(CC)C(=O)/C=C(\O)C(C)(CC)CC.[2H]c1cc2c(C)c(-c3ccc(C)cc3)sc2c(-c2[c-]c3ccccc3c(C(C)(C)C)c2)n1.[Ir]. The van der Waals surface area contributed by atoms with E-state index < -0.39 is 0 Å². The summed E-state index contributed by atoms with van der Waals surface area (Å²) in [5.41, 5.74) is 6.16. The van der Waals surface area contributed by atoms with E-state index in [-0.39, 0.29) is 47.9 Å². The van der Waals surface area contributed by atoms with Crippen LogP contribution in [0.1, 0.15) is 106 Å². The maximum Gasteiger partial charge on any atom is 0.164 e. The van der Waals surface area contributed by atoms with Crippen molar-refractivity contribution in [2.45, 2.75) is 107 Å². The molecule has 3 nitrogen and oxygen atoms in total. The number of aliphatic hydroxyl groups excluding tert-OH is 1. The zero-order valence-electron chi connectivity index (χ0n) is 32.2. The van der Waals surface area contributed by atoms with Gasteiger partial charge in [-0.05, 0) is 67.5 Å². The fourth-order valence-corrected chi connectivity index (χ4v) is 7.21. The molecule has 0 aliphatic rings. The quantitative estimate of drug-likeness (QED) is 0.0913. The van der Waals surface area contributed by atoms with Gasteiger partial charge >= 0.3 is 0 Å². The van der Waals surface area contributed by atoms with Crippen molar-refractivity contribution in [2.75, 3.05) is 0 Å². The van der Waals surface area contributed by atoms with Crippen LogP contribution in [0.5, 0.6) is 0 Å². The Bertz CT molecular complexity index is 1980. The van der Waals surface area contributed by atoms with E-state index in [1.54, 1.807) is 11.3 Å². The third-order valence-corrected chi connectivity index (χ3v) is 11.9. The first kappa shape index (κ1) is 38.7. The Kier molecular flexibility index (Phi) is 12.9. The number of ketones is 1. The number of hydrogen-bond donors (Lipinski definition) is 1. The first-order chi connectivity index (χ1) is 23.0. The van der Waals surface area contributed by atoms with E-state index in [1.165, 1.54) is 38.6 Å². The topological polar surface area (TPSA) is 50.2 Å². The molecule has 5 rings (SSSR count). The largest absolute Gasteiger partial charge is 0.512 e. The molecule has 0 aliphatic heterocycles. The van der Waals surface area contributed by atoms with Gasteiger partial charge in [0.2, 0.25) is 0 Å². The fourth-order valence-electron chi connectivity index (χ4n) is 5.91. The zero-order valence-corrected chi connectivity index (χ0v) is 34.4. The van der Waals surface area contributed by atoms with Gasteiger partial charge in [-0.3, -0.25) is 9.78 Å². The number of allylic oxidation sites excluding steroid dienone is 2. The molecule has 0 bridgehead atoms. The molecule has 0 saturated heterocycles. The molecule has 5 heteroatoms. The minimum atomic E-state index is -0.337. The van der Waals surface area contributed by atoms with Gasteiger partial charge in [0.05, 0.1) is 1.37 Å². The minimum Gasteiger partial charge on any atom is -0.512 e. The zero-order chi connectivity index (χ0) is 36.3. The van der Waals surface area contributed by atoms with Crippen LogP contribution in [0, 0.1) is 30.7 Å². The standard InChI is InChI=1S/C29H26NS.C15H28O2.Ir/c1-18-10-12-20(13-11-18)27-19(2)23-14-15-30-26(28(23)31-27)22-16-21-8-6-7-9-24(21)25(17-22)29(3,4)5;1-7-14(5,8-2)12(16)11-13(17)15(6,9-3)10-4;/h6-15,17H,1-5H3;11,16H,7-10H2,1-6H3;/q-1;;/b;12-11-;/i15D;;. The summed E-state index contributed by atoms with van der Waals surface area (Å²) in [6.45, 7) is 23.1. The second kappa shape index (κ2) is 16.3. The summed E-state index contributed by atoms with van der Waals surface area (Å²) in [7, 11) is 0. The average Bonchev–Trinajstić information content (AvgIpc) is 3.42. The molecule has 49 heavy (non-hydrogen) atoms. The molecule has 0 aliphatic carbocycles. The third kappa shape index (κ3) is 8.62. The summed E-state index contributed by atoms with van der Waals surface area (Å²) in [6, 6.07) is 24.8. The summed E-state index contributed by atoms with van der Waals surface area (Å²) in [4.78, 5) is 18.1. The maximum absolute atomic E-state index is 12.2. The molecule has 0 saturated carbocycles. The molecule has 1 N–H and O–H groups in total. The van der Waals surface area contributed by atoms with E-state index in [9.17, 15) is 9.90 Å². The number of rotatable bonds is 9. The second-order valence-electron chi connectivity index (χ2n) is 14.7. The second-order valence-corrected chi connectivity index (χ2v) is 15.7. The maximum atomic E-state index is 12.2. The number of aromatic nitrogens is 1. The van der Waals surface area contributed by atoms with Crippen LogP contribution in [0.2, 0.25) is 0 Å². The summed E-state index contributed by atoms with van der Waals surface area (Å²) in [5, 5.41) is 13.6. The molecule has 2 aromatic heterocycles. The number of carbonyl (C=O) groups is 1. The van der Waals surface area contributed by atoms with Gasteiger partial charge in [0.25, 0.3) is 0 Å². The number of nitrogens with zero attached hydrogens (tertiary/aromatic N) is 1.